The number of ether oxygens (including phenoxy) is 5. The van der Waals surface area contributed by atoms with E-state index in [9.17, 15) is 24.0 Å². The number of methoxy groups -OCH3 is 5. The van der Waals surface area contributed by atoms with Crippen molar-refractivity contribution >= 4 is 276 Å². The Bertz CT molecular complexity index is 6100. The zero-order chi connectivity index (χ0) is 89.0. The average Bonchev–Trinajstić information content (AvgIpc) is 1.76. The summed E-state index contributed by atoms with van der Waals surface area (Å²) in [7, 11) is 11.5. The van der Waals surface area contributed by atoms with Crippen molar-refractivity contribution in [1.82, 2.24) is 19.8 Å². The number of rotatable bonds is 15. The maximum Gasteiger partial charge on any atom is 0.489 e. The Morgan fingerprint density at radius 3 is 1.18 bits per heavy atom. The van der Waals surface area contributed by atoms with Crippen molar-refractivity contribution in [1.29, 1.82) is 0 Å². The zero-order valence-electron chi connectivity index (χ0n) is 66.2. The molecule has 0 spiro atoms. The lowest BCUT2D eigenvalue weighted by molar-refractivity contribution is -0.670. The van der Waals surface area contributed by atoms with Crippen molar-refractivity contribution in [2.45, 2.75) is 12.8 Å². The molecular weight excluding hydrogens is 2050 g/mol. The van der Waals surface area contributed by atoms with Gasteiger partial charge in [-0.05, 0) is 229 Å². The van der Waals surface area contributed by atoms with Crippen molar-refractivity contribution in [3.05, 3.63) is 302 Å². The second-order valence-electron chi connectivity index (χ2n) is 26.5. The van der Waals surface area contributed by atoms with Crippen LogP contribution in [0, 0.1) is 2.88 Å². The van der Waals surface area contributed by atoms with Crippen LogP contribution in [0.15, 0.2) is 203 Å². The number of likely N-dealkylation sites (N-methyl/N-ethyl adjacent to an activating group) is 2. The molecule has 0 fully saturated rings. The number of pyridine rings is 3. The first-order chi connectivity index (χ1) is 58.9. The fourth-order valence-corrected chi connectivity index (χ4v) is 21.1. The molecule has 636 valence electrons. The number of aryl methyl sites for hydroxylation is 1. The molecule has 0 saturated heterocycles. The van der Waals surface area contributed by atoms with Crippen molar-refractivity contribution in [2.75, 3.05) is 75.8 Å². The Balaban J connectivity index is 0.000000157. The molecule has 0 unspecified atom stereocenters. The Kier molecular flexibility index (Phi) is 37.1. The van der Waals surface area contributed by atoms with Gasteiger partial charge >= 0.3 is 37.0 Å². The quantitative estimate of drug-likeness (QED) is 0.0322. The summed E-state index contributed by atoms with van der Waals surface area (Å²) in [6.45, 7) is 3.40. The van der Waals surface area contributed by atoms with E-state index in [1.54, 1.807) is 67.3 Å². The molecule has 0 radical (unpaired) electrons. The van der Waals surface area contributed by atoms with Gasteiger partial charge in [0, 0.05) is 168 Å². The van der Waals surface area contributed by atoms with Crippen LogP contribution < -0.4 is 10.0 Å². The first kappa shape index (κ1) is 98.1. The molecule has 0 amide bonds. The third-order valence-electron chi connectivity index (χ3n) is 18.7. The van der Waals surface area contributed by atoms with Crippen LogP contribution in [0.4, 0.5) is 0 Å². The molecule has 2 aliphatic heterocycles. The summed E-state index contributed by atoms with van der Waals surface area (Å²) >= 11 is 73.5. The minimum absolute atomic E-state index is 0.257. The number of hydrogen-bond donors (Lipinski definition) is 2. The van der Waals surface area contributed by atoms with Gasteiger partial charge in [-0.25, -0.2) is 28.5 Å². The first-order valence-corrected chi connectivity index (χ1v) is 46.4. The van der Waals surface area contributed by atoms with Gasteiger partial charge in [-0.3, -0.25) is 9.97 Å². The largest absolute Gasteiger partial charge is 0.489 e. The van der Waals surface area contributed by atoms with Gasteiger partial charge in [0.05, 0.1) is 49.0 Å². The van der Waals surface area contributed by atoms with E-state index < -0.39 is 7.12 Å². The monoisotopic (exact) mass is 2120 g/mol. The van der Waals surface area contributed by atoms with Gasteiger partial charge in [0.25, 0.3) is 0 Å². The molecule has 0 saturated carbocycles. The number of esters is 5. The molecule has 123 heavy (non-hydrogen) atoms. The Morgan fingerprint density at radius 1 is 0.407 bits per heavy atom. The minimum Gasteiger partial charge on any atom is -0.465 e. The number of aromatic nitrogens is 3. The second-order valence-corrected chi connectivity index (χ2v) is 38.2. The SMILES string of the molecule is COC(=O)c1sc(I)cc1C1=C(c2ccc(Cl)cc2Cl)CN(C)CC1.COC(=O)c1sccc1-c1cc[n+](C)cc1-c1ccc(Cl)cc1Cl.COC(=O)c1sccc1-c1ccncc1-c1ccc(Cl)cc1Cl.COC(=O)c1sccc1-c1ccncc1Br.COC(=O)c1sccc1C1=C(c2ccc(Cl)cc2Cl)CN(C)CC1.OB(O)c1ccc(Cl)cc1Cl. The Hall–Kier alpha value is -7.11. The van der Waals surface area contributed by atoms with Crippen molar-refractivity contribution in [3.8, 4) is 55.6 Å². The van der Waals surface area contributed by atoms with E-state index in [-0.39, 0.29) is 40.3 Å². The molecule has 10 heterocycles. The predicted octanol–water partition coefficient (Wildman–Crippen LogP) is 25.4. The Morgan fingerprint density at radius 2 is 0.764 bits per heavy atom. The molecule has 2 N–H and O–H groups in total. The summed E-state index contributed by atoms with van der Waals surface area (Å²) in [6, 6.07) is 41.7. The fraction of sp³-hybridized carbons (Fsp3) is 0.159. The van der Waals surface area contributed by atoms with E-state index in [2.05, 4.69) is 78.5 Å². The number of carbonyl (C=O) groups excluding carboxylic acids is 5. The molecule has 15 rings (SSSR count). The van der Waals surface area contributed by atoms with Crippen LogP contribution in [0.25, 0.3) is 77.9 Å². The number of nitrogens with zero attached hydrogens (tertiary/aromatic N) is 5. The molecule has 0 bridgehead atoms. The van der Waals surface area contributed by atoms with E-state index in [0.717, 1.165) is 147 Å². The summed E-state index contributed by atoms with van der Waals surface area (Å²) in [4.78, 5) is 75.5. The smallest absolute Gasteiger partial charge is 0.465 e. The highest BCUT2D eigenvalue weighted by molar-refractivity contribution is 14.1. The summed E-state index contributed by atoms with van der Waals surface area (Å²) in [5, 5.41) is 30.4. The van der Waals surface area contributed by atoms with Crippen LogP contribution in [-0.4, -0.2) is 143 Å². The van der Waals surface area contributed by atoms with Gasteiger partial charge in [-0.15, -0.1) is 56.7 Å². The molecule has 13 aromatic rings. The molecular formula is C88H71BBrCl10IN5O12S5+. The molecule has 35 heteroatoms. The van der Waals surface area contributed by atoms with Gasteiger partial charge < -0.3 is 43.5 Å². The van der Waals surface area contributed by atoms with Crippen molar-refractivity contribution < 1.29 is 62.3 Å². The van der Waals surface area contributed by atoms with Crippen LogP contribution >= 0.6 is 211 Å². The lowest BCUT2D eigenvalue weighted by Crippen LogP contribution is -2.30. The molecule has 5 aromatic carbocycles. The number of thiophene rings is 5. The standard InChI is InChI=1S/C18H16Cl2INO2S.C18H17Cl2NO2S.C18H14Cl2NO2S.C17H11Cl2NO2S.C11H8BrNO2S.C6H5BCl2O2/c1-22-6-5-11(13-8-16(21)25-17(13)18(23)24-2)14(9-22)12-4-3-10(19)7-15(12)20;2*1-21-7-5-12(14-6-8-24-17(14)18(22)23-2)15(10-21)13-4-3-11(19)9-16(13)20;1-22-17(21)16-13(5-7-23-16)11-4-6-20-9-14(11)12-3-2-10(18)8-15(12)19;1-15-11(14)10-8(3-5-16-10)7-2-4-13-6-9(7)12;8-4-1-2-5(7(10)11)6(9)3-4/h3-4,7-8H,5-6,9H2,1-2H3;3-4,6,8-9H,5,7,10H2,1-2H3;3-10H,1-2H3;2-9H,1H3;2-6H,1H3;1-3,10-11H/q;;+1;;;. The van der Waals surface area contributed by atoms with Gasteiger partial charge in [0.2, 0.25) is 0 Å². The van der Waals surface area contributed by atoms with E-state index in [1.807, 2.05) is 124 Å². The van der Waals surface area contributed by atoms with Crippen molar-refractivity contribution in [2.24, 2.45) is 7.05 Å². The maximum absolute atomic E-state index is 12.2. The summed E-state index contributed by atoms with van der Waals surface area (Å²) in [6.07, 6.45) is 12.4. The maximum atomic E-state index is 12.2. The van der Waals surface area contributed by atoms with Crippen LogP contribution in [-0.2, 0) is 30.7 Å². The van der Waals surface area contributed by atoms with Crippen LogP contribution in [0.2, 0.25) is 50.2 Å². The van der Waals surface area contributed by atoms with E-state index in [4.69, 9.17) is 150 Å². The third kappa shape index (κ3) is 25.2. The first-order valence-electron chi connectivity index (χ1n) is 36.4. The normalized spacial score (nSPS) is 12.5. The predicted molar refractivity (Wildman–Crippen MR) is 520 cm³/mol. The molecule has 8 aromatic heterocycles. The highest BCUT2D eigenvalue weighted by atomic mass is 127. The van der Waals surface area contributed by atoms with Gasteiger partial charge in [-0.2, -0.15) is 0 Å². The van der Waals surface area contributed by atoms with E-state index >= 15 is 0 Å². The summed E-state index contributed by atoms with van der Waals surface area (Å²) in [5.74, 6) is -1.61. The van der Waals surface area contributed by atoms with Gasteiger partial charge in [0.15, 0.2) is 12.4 Å². The van der Waals surface area contributed by atoms with Crippen LogP contribution in [0.1, 0.15) is 83.5 Å². The lowest BCUT2D eigenvalue weighted by atomic mass is 9.80. The molecule has 2 aliphatic rings. The highest BCUT2D eigenvalue weighted by Crippen LogP contribution is 2.46. The number of benzene rings is 5. The Labute approximate surface area is 803 Å². The second kappa shape index (κ2) is 46.6. The molecule has 0 aliphatic carbocycles. The van der Waals surface area contributed by atoms with Crippen LogP contribution in [0.5, 0.6) is 0 Å². The van der Waals surface area contributed by atoms with Gasteiger partial charge in [-0.1, -0.05) is 146 Å². The highest BCUT2D eigenvalue weighted by Gasteiger charge is 2.30. The molecule has 17 nitrogen and oxygen atoms in total. The number of halogens is 12. The summed E-state index contributed by atoms with van der Waals surface area (Å²) in [5.41, 5.74) is 17.3. The van der Waals surface area contributed by atoms with E-state index in [0.29, 0.717) is 69.6 Å². The fourth-order valence-electron chi connectivity index (χ4n) is 12.9. The third-order valence-corrected chi connectivity index (χ3v) is 27.5. The molecule has 0 atom stereocenters. The number of carbonyl (C=O) groups is 5. The van der Waals surface area contributed by atoms with Crippen LogP contribution in [0.3, 0.4) is 0 Å². The van der Waals surface area contributed by atoms with Gasteiger partial charge in [0.1, 0.15) is 31.4 Å². The van der Waals surface area contributed by atoms with E-state index in [1.165, 1.54) is 104 Å². The number of hydrogen-bond acceptors (Lipinski definition) is 21. The average molecular weight is 2120 g/mol. The lowest BCUT2D eigenvalue weighted by Gasteiger charge is -2.29. The minimum atomic E-state index is -1.54. The summed E-state index contributed by atoms with van der Waals surface area (Å²) < 4.78 is 28.2. The zero-order valence-corrected chi connectivity index (χ0v) is 81.5. The topological polar surface area (TPSA) is 208 Å². The van der Waals surface area contributed by atoms with Crippen molar-refractivity contribution in [3.63, 3.8) is 0 Å².